The largest absolute Gasteiger partial charge is 0.486 e. The fraction of sp³-hybridized carbons (Fsp3) is 0.125. The van der Waals surface area contributed by atoms with E-state index in [1.807, 2.05) is 36.4 Å². The van der Waals surface area contributed by atoms with Crippen molar-refractivity contribution < 1.29 is 9.47 Å². The fourth-order valence-electron chi connectivity index (χ4n) is 2.48. The molecule has 4 rings (SSSR count). The molecule has 21 heavy (non-hydrogen) atoms. The summed E-state index contributed by atoms with van der Waals surface area (Å²) in [5.74, 6) is 2.05. The molecule has 0 saturated carbocycles. The first-order valence-electron chi connectivity index (χ1n) is 6.71. The zero-order valence-electron chi connectivity index (χ0n) is 11.2. The minimum absolute atomic E-state index is 0.486. The molecule has 1 aliphatic heterocycles. The number of hydrogen-bond acceptors (Lipinski definition) is 5. The Hall–Kier alpha value is -2.82. The zero-order chi connectivity index (χ0) is 14.2. The van der Waals surface area contributed by atoms with E-state index in [1.165, 1.54) is 6.33 Å². The standard InChI is InChI=1S/C16H13N3O2/c17-16-12-7-10(1-3-13(12)18-9-19-16)11-2-4-14-15(8-11)21-6-5-20-14/h1-4,7-9H,5-6H2,(H2,17,18,19). The summed E-state index contributed by atoms with van der Waals surface area (Å²) in [4.78, 5) is 8.25. The van der Waals surface area contributed by atoms with Gasteiger partial charge in [-0.05, 0) is 35.4 Å². The van der Waals surface area contributed by atoms with Gasteiger partial charge in [0.1, 0.15) is 25.4 Å². The molecule has 2 aromatic carbocycles. The number of nitrogens with two attached hydrogens (primary N) is 1. The van der Waals surface area contributed by atoms with Crippen LogP contribution in [0, 0.1) is 0 Å². The van der Waals surface area contributed by atoms with Crippen LogP contribution in [0.3, 0.4) is 0 Å². The van der Waals surface area contributed by atoms with Gasteiger partial charge in [0.2, 0.25) is 0 Å². The van der Waals surface area contributed by atoms with Crippen molar-refractivity contribution in [3.8, 4) is 22.6 Å². The zero-order valence-corrected chi connectivity index (χ0v) is 11.2. The van der Waals surface area contributed by atoms with Crippen LogP contribution in [0.1, 0.15) is 0 Å². The number of hydrogen-bond donors (Lipinski definition) is 1. The van der Waals surface area contributed by atoms with E-state index in [4.69, 9.17) is 15.2 Å². The van der Waals surface area contributed by atoms with E-state index in [1.54, 1.807) is 0 Å². The molecule has 3 aromatic rings. The number of ether oxygens (including phenoxy) is 2. The topological polar surface area (TPSA) is 70.3 Å². The molecule has 0 amide bonds. The second-order valence-electron chi connectivity index (χ2n) is 4.85. The Morgan fingerprint density at radius 3 is 2.52 bits per heavy atom. The number of anilines is 1. The molecule has 1 aromatic heterocycles. The molecule has 2 heterocycles. The Balaban J connectivity index is 1.84. The average molecular weight is 279 g/mol. The third kappa shape index (κ3) is 2.03. The molecule has 5 heteroatoms. The van der Waals surface area contributed by atoms with Crippen LogP contribution in [-0.4, -0.2) is 23.2 Å². The summed E-state index contributed by atoms with van der Waals surface area (Å²) in [6.45, 7) is 1.17. The highest BCUT2D eigenvalue weighted by atomic mass is 16.6. The number of benzene rings is 2. The van der Waals surface area contributed by atoms with Crippen molar-refractivity contribution in [3.63, 3.8) is 0 Å². The summed E-state index contributed by atoms with van der Waals surface area (Å²) in [5.41, 5.74) is 8.84. The fourth-order valence-corrected chi connectivity index (χ4v) is 2.48. The van der Waals surface area contributed by atoms with Gasteiger partial charge in [-0.1, -0.05) is 12.1 Å². The average Bonchev–Trinajstić information content (AvgIpc) is 2.54. The minimum Gasteiger partial charge on any atom is -0.486 e. The quantitative estimate of drug-likeness (QED) is 0.741. The Kier molecular flexibility index (Phi) is 2.64. The summed E-state index contributed by atoms with van der Waals surface area (Å²) in [5, 5.41) is 0.852. The second-order valence-corrected chi connectivity index (χ2v) is 4.85. The lowest BCUT2D eigenvalue weighted by atomic mass is 10.0. The number of aromatic nitrogens is 2. The van der Waals surface area contributed by atoms with Gasteiger partial charge in [-0.3, -0.25) is 0 Å². The number of nitrogen functional groups attached to an aromatic ring is 1. The van der Waals surface area contributed by atoms with Crippen molar-refractivity contribution in [2.45, 2.75) is 0 Å². The highest BCUT2D eigenvalue weighted by Gasteiger charge is 2.13. The van der Waals surface area contributed by atoms with Gasteiger partial charge >= 0.3 is 0 Å². The van der Waals surface area contributed by atoms with Crippen LogP contribution in [0.4, 0.5) is 5.82 Å². The van der Waals surface area contributed by atoms with Gasteiger partial charge in [-0.2, -0.15) is 0 Å². The molecule has 5 nitrogen and oxygen atoms in total. The van der Waals surface area contributed by atoms with Gasteiger partial charge in [-0.15, -0.1) is 0 Å². The van der Waals surface area contributed by atoms with Crippen LogP contribution >= 0.6 is 0 Å². The van der Waals surface area contributed by atoms with Crippen LogP contribution in [0.25, 0.3) is 22.0 Å². The van der Waals surface area contributed by atoms with Crippen LogP contribution in [0.2, 0.25) is 0 Å². The van der Waals surface area contributed by atoms with Gasteiger partial charge in [-0.25, -0.2) is 9.97 Å². The maximum Gasteiger partial charge on any atom is 0.161 e. The summed E-state index contributed by atoms with van der Waals surface area (Å²) in [6, 6.07) is 11.9. The van der Waals surface area contributed by atoms with E-state index in [0.29, 0.717) is 19.0 Å². The van der Waals surface area contributed by atoms with Gasteiger partial charge in [0.15, 0.2) is 11.5 Å². The van der Waals surface area contributed by atoms with Crippen LogP contribution < -0.4 is 15.2 Å². The first kappa shape index (κ1) is 12.0. The predicted octanol–water partition coefficient (Wildman–Crippen LogP) is 2.65. The highest BCUT2D eigenvalue weighted by Crippen LogP contribution is 2.35. The van der Waals surface area contributed by atoms with E-state index >= 15 is 0 Å². The van der Waals surface area contributed by atoms with Crippen molar-refractivity contribution in [2.24, 2.45) is 0 Å². The molecule has 104 valence electrons. The SMILES string of the molecule is Nc1ncnc2ccc(-c3ccc4c(c3)OCCO4)cc12. The Morgan fingerprint density at radius 2 is 1.62 bits per heavy atom. The number of rotatable bonds is 1. The maximum absolute atomic E-state index is 5.92. The Morgan fingerprint density at radius 1 is 0.857 bits per heavy atom. The van der Waals surface area contributed by atoms with Crippen molar-refractivity contribution >= 4 is 16.7 Å². The lowest BCUT2D eigenvalue weighted by Gasteiger charge is -2.19. The van der Waals surface area contributed by atoms with E-state index in [0.717, 1.165) is 33.5 Å². The molecule has 0 bridgehead atoms. The number of fused-ring (bicyclic) bond motifs is 2. The highest BCUT2D eigenvalue weighted by molar-refractivity contribution is 5.91. The normalized spacial score (nSPS) is 13.3. The molecule has 2 N–H and O–H groups in total. The Labute approximate surface area is 121 Å². The van der Waals surface area contributed by atoms with Crippen molar-refractivity contribution in [2.75, 3.05) is 18.9 Å². The minimum atomic E-state index is 0.486. The van der Waals surface area contributed by atoms with Crippen LogP contribution in [0.15, 0.2) is 42.7 Å². The molecule has 0 saturated heterocycles. The van der Waals surface area contributed by atoms with Crippen molar-refractivity contribution in [3.05, 3.63) is 42.7 Å². The van der Waals surface area contributed by atoms with E-state index in [9.17, 15) is 0 Å². The van der Waals surface area contributed by atoms with E-state index in [2.05, 4.69) is 9.97 Å². The van der Waals surface area contributed by atoms with E-state index < -0.39 is 0 Å². The molecule has 0 spiro atoms. The smallest absolute Gasteiger partial charge is 0.161 e. The van der Waals surface area contributed by atoms with Gasteiger partial charge < -0.3 is 15.2 Å². The maximum atomic E-state index is 5.92. The van der Waals surface area contributed by atoms with Gasteiger partial charge in [0.05, 0.1) is 5.52 Å². The third-order valence-corrected chi connectivity index (χ3v) is 3.54. The summed E-state index contributed by atoms with van der Waals surface area (Å²) in [6.07, 6.45) is 1.47. The monoisotopic (exact) mass is 279 g/mol. The Bertz CT molecular complexity index is 833. The first-order chi connectivity index (χ1) is 10.3. The second kappa shape index (κ2) is 4.63. The molecule has 1 aliphatic rings. The van der Waals surface area contributed by atoms with Crippen LogP contribution in [-0.2, 0) is 0 Å². The first-order valence-corrected chi connectivity index (χ1v) is 6.71. The predicted molar refractivity (Wildman–Crippen MR) is 80.4 cm³/mol. The van der Waals surface area contributed by atoms with Crippen LogP contribution in [0.5, 0.6) is 11.5 Å². The molecule has 0 atom stereocenters. The molecular weight excluding hydrogens is 266 g/mol. The van der Waals surface area contributed by atoms with E-state index in [-0.39, 0.29) is 0 Å². The van der Waals surface area contributed by atoms with Gasteiger partial charge in [0.25, 0.3) is 0 Å². The van der Waals surface area contributed by atoms with Crippen molar-refractivity contribution in [1.82, 2.24) is 9.97 Å². The molecule has 0 fully saturated rings. The summed E-state index contributed by atoms with van der Waals surface area (Å²) in [7, 11) is 0. The third-order valence-electron chi connectivity index (χ3n) is 3.54. The summed E-state index contributed by atoms with van der Waals surface area (Å²) < 4.78 is 11.2. The molecular formula is C16H13N3O2. The lowest BCUT2D eigenvalue weighted by Crippen LogP contribution is -2.15. The molecule has 0 unspecified atom stereocenters. The number of nitrogens with zero attached hydrogens (tertiary/aromatic N) is 2. The van der Waals surface area contributed by atoms with Crippen molar-refractivity contribution in [1.29, 1.82) is 0 Å². The molecule has 0 aliphatic carbocycles. The van der Waals surface area contributed by atoms with Gasteiger partial charge in [0, 0.05) is 5.39 Å². The lowest BCUT2D eigenvalue weighted by molar-refractivity contribution is 0.171. The molecule has 0 radical (unpaired) electrons. The summed E-state index contributed by atoms with van der Waals surface area (Å²) >= 11 is 0.